The Kier molecular flexibility index (Phi) is 7.93. The number of nitrogens with zero attached hydrogens (tertiary/aromatic N) is 1. The van der Waals surface area contributed by atoms with Gasteiger partial charge in [-0.25, -0.2) is 4.39 Å². The van der Waals surface area contributed by atoms with E-state index in [0.717, 1.165) is 44.3 Å². The summed E-state index contributed by atoms with van der Waals surface area (Å²) >= 11 is 5.40. The quantitative estimate of drug-likeness (QED) is 0.515. The first-order chi connectivity index (χ1) is 12.4. The number of allylic oxidation sites excluding steroid dienone is 1. The lowest BCUT2D eigenvalue weighted by molar-refractivity contribution is 0.127. The maximum Gasteiger partial charge on any atom is 0.123 e. The standard InChI is InChI=1S/C22H32FNOS/c1-17(2)14-21(24-11-8-18(9-12-24)10-13-25)15-22(3,16-26)19-4-6-20(23)7-5-19/h4-7,14,16,18,21,25H,8-13,15H2,1-3H3. The Morgan fingerprint density at radius 2 is 1.92 bits per heavy atom. The number of aliphatic hydroxyl groups is 1. The van der Waals surface area contributed by atoms with E-state index in [9.17, 15) is 9.50 Å². The Labute approximate surface area is 163 Å². The van der Waals surface area contributed by atoms with E-state index in [1.807, 2.05) is 17.5 Å². The molecule has 26 heavy (non-hydrogen) atoms. The monoisotopic (exact) mass is 377 g/mol. The number of likely N-dealkylation sites (tertiary alicyclic amines) is 1. The largest absolute Gasteiger partial charge is 0.396 e. The van der Waals surface area contributed by atoms with Gasteiger partial charge in [0.05, 0.1) is 0 Å². The number of rotatable bonds is 8. The van der Waals surface area contributed by atoms with Crippen molar-refractivity contribution in [3.05, 3.63) is 47.3 Å². The van der Waals surface area contributed by atoms with Gasteiger partial charge in [0.25, 0.3) is 0 Å². The summed E-state index contributed by atoms with van der Waals surface area (Å²) in [5, 5.41) is 11.0. The molecule has 1 fully saturated rings. The van der Waals surface area contributed by atoms with Gasteiger partial charge in [-0.3, -0.25) is 4.90 Å². The van der Waals surface area contributed by atoms with Crippen LogP contribution in [0.5, 0.6) is 0 Å². The Bertz CT molecular complexity index is 603. The lowest BCUT2D eigenvalue weighted by atomic mass is 9.78. The molecule has 1 aliphatic rings. The molecule has 1 aromatic rings. The van der Waals surface area contributed by atoms with Crippen LogP contribution in [-0.4, -0.2) is 41.1 Å². The predicted octanol–water partition coefficient (Wildman–Crippen LogP) is 4.90. The predicted molar refractivity (Wildman–Crippen MR) is 111 cm³/mol. The van der Waals surface area contributed by atoms with E-state index in [1.165, 1.54) is 17.7 Å². The van der Waals surface area contributed by atoms with Gasteiger partial charge >= 0.3 is 0 Å². The highest BCUT2D eigenvalue weighted by molar-refractivity contribution is 7.79. The zero-order valence-corrected chi connectivity index (χ0v) is 17.1. The number of halogens is 1. The van der Waals surface area contributed by atoms with Crippen LogP contribution in [0.3, 0.4) is 0 Å². The molecule has 2 unspecified atom stereocenters. The zero-order chi connectivity index (χ0) is 19.2. The molecule has 0 saturated carbocycles. The van der Waals surface area contributed by atoms with Crippen molar-refractivity contribution in [2.45, 2.75) is 57.9 Å². The van der Waals surface area contributed by atoms with Crippen LogP contribution in [0.2, 0.25) is 0 Å². The van der Waals surface area contributed by atoms with Gasteiger partial charge in [0, 0.05) is 18.1 Å². The summed E-state index contributed by atoms with van der Waals surface area (Å²) in [6.07, 6.45) is 6.41. The Hall–Kier alpha value is -1.10. The Balaban J connectivity index is 2.17. The van der Waals surface area contributed by atoms with Gasteiger partial charge in [-0.1, -0.05) is 42.9 Å². The van der Waals surface area contributed by atoms with Crippen molar-refractivity contribution in [2.75, 3.05) is 19.7 Å². The fourth-order valence-electron chi connectivity index (χ4n) is 3.93. The number of hydrogen-bond acceptors (Lipinski definition) is 3. The first kappa shape index (κ1) is 21.2. The first-order valence-electron chi connectivity index (χ1n) is 9.60. The van der Waals surface area contributed by atoms with Crippen LogP contribution >= 0.6 is 12.2 Å². The smallest absolute Gasteiger partial charge is 0.123 e. The molecular formula is C22H32FNOS. The van der Waals surface area contributed by atoms with Gasteiger partial charge < -0.3 is 5.11 Å². The number of hydrogen-bond donors (Lipinski definition) is 1. The topological polar surface area (TPSA) is 23.5 Å². The van der Waals surface area contributed by atoms with E-state index >= 15 is 0 Å². The van der Waals surface area contributed by atoms with E-state index in [4.69, 9.17) is 12.2 Å². The third-order valence-electron chi connectivity index (χ3n) is 5.58. The molecule has 0 amide bonds. The summed E-state index contributed by atoms with van der Waals surface area (Å²) in [5.74, 6) is 0.421. The molecule has 1 aromatic carbocycles. The summed E-state index contributed by atoms with van der Waals surface area (Å²) in [4.78, 5) is 2.54. The molecule has 2 rings (SSSR count). The number of aliphatic hydroxyl groups excluding tert-OH is 1. The summed E-state index contributed by atoms with van der Waals surface area (Å²) in [6, 6.07) is 7.05. The molecule has 1 N–H and O–H groups in total. The van der Waals surface area contributed by atoms with Gasteiger partial charge in [0.15, 0.2) is 0 Å². The van der Waals surface area contributed by atoms with Crippen molar-refractivity contribution >= 4 is 17.6 Å². The van der Waals surface area contributed by atoms with Crippen LogP contribution < -0.4 is 0 Å². The fourth-order valence-corrected chi connectivity index (χ4v) is 4.17. The molecule has 0 aromatic heterocycles. The number of benzene rings is 1. The molecule has 0 spiro atoms. The third kappa shape index (κ3) is 5.70. The maximum absolute atomic E-state index is 13.3. The Morgan fingerprint density at radius 3 is 2.42 bits per heavy atom. The van der Waals surface area contributed by atoms with Crippen LogP contribution in [0.1, 0.15) is 52.0 Å². The second-order valence-corrected chi connectivity index (χ2v) is 8.29. The lowest BCUT2D eigenvalue weighted by Crippen LogP contribution is -2.44. The van der Waals surface area contributed by atoms with E-state index in [1.54, 1.807) is 0 Å². The lowest BCUT2D eigenvalue weighted by Gasteiger charge is -2.40. The number of thiocarbonyl (C=S) groups is 1. The van der Waals surface area contributed by atoms with Crippen molar-refractivity contribution < 1.29 is 9.50 Å². The van der Waals surface area contributed by atoms with Crippen LogP contribution in [0, 0.1) is 11.7 Å². The second kappa shape index (κ2) is 9.72. The molecule has 0 bridgehead atoms. The van der Waals surface area contributed by atoms with Gasteiger partial charge in [-0.2, -0.15) is 0 Å². The highest BCUT2D eigenvalue weighted by Crippen LogP contribution is 2.32. The maximum atomic E-state index is 13.3. The van der Waals surface area contributed by atoms with Crippen molar-refractivity contribution in [3.63, 3.8) is 0 Å². The zero-order valence-electron chi connectivity index (χ0n) is 16.2. The van der Waals surface area contributed by atoms with E-state index in [-0.39, 0.29) is 17.8 Å². The normalized spacial score (nSPS) is 19.6. The molecule has 0 radical (unpaired) electrons. The average Bonchev–Trinajstić information content (AvgIpc) is 2.62. The van der Waals surface area contributed by atoms with Crippen LogP contribution in [0.15, 0.2) is 35.9 Å². The van der Waals surface area contributed by atoms with Crippen LogP contribution in [-0.2, 0) is 5.41 Å². The van der Waals surface area contributed by atoms with E-state index in [2.05, 4.69) is 31.7 Å². The highest BCUT2D eigenvalue weighted by Gasteiger charge is 2.31. The Morgan fingerprint density at radius 1 is 1.31 bits per heavy atom. The molecule has 2 atom stereocenters. The van der Waals surface area contributed by atoms with Gasteiger partial charge in [-0.05, 0) is 81.6 Å². The van der Waals surface area contributed by atoms with Crippen molar-refractivity contribution in [2.24, 2.45) is 5.92 Å². The molecule has 4 heteroatoms. The van der Waals surface area contributed by atoms with Crippen molar-refractivity contribution in [3.8, 4) is 0 Å². The highest BCUT2D eigenvalue weighted by atomic mass is 32.1. The van der Waals surface area contributed by atoms with Crippen LogP contribution in [0.4, 0.5) is 4.39 Å². The molecule has 1 saturated heterocycles. The minimum atomic E-state index is -0.276. The fraction of sp³-hybridized carbons (Fsp3) is 0.591. The molecule has 0 aliphatic carbocycles. The average molecular weight is 378 g/mol. The first-order valence-corrected chi connectivity index (χ1v) is 10.1. The molecule has 144 valence electrons. The molecule has 1 heterocycles. The SMILES string of the molecule is CC(C)=CC(CC(C)(C=S)c1ccc(F)cc1)N1CCC(CCO)CC1. The minimum Gasteiger partial charge on any atom is -0.396 e. The summed E-state index contributed by atoms with van der Waals surface area (Å²) in [7, 11) is 0. The molecule has 2 nitrogen and oxygen atoms in total. The van der Waals surface area contributed by atoms with Crippen molar-refractivity contribution in [1.29, 1.82) is 0 Å². The van der Waals surface area contributed by atoms with Gasteiger partial charge in [0.1, 0.15) is 5.82 Å². The van der Waals surface area contributed by atoms with E-state index < -0.39 is 0 Å². The summed E-state index contributed by atoms with van der Waals surface area (Å²) in [6.45, 7) is 8.82. The summed E-state index contributed by atoms with van der Waals surface area (Å²) < 4.78 is 13.3. The molecule has 1 aliphatic heterocycles. The van der Waals surface area contributed by atoms with E-state index in [0.29, 0.717) is 12.0 Å². The van der Waals surface area contributed by atoms with Gasteiger partial charge in [-0.15, -0.1) is 0 Å². The van der Waals surface area contributed by atoms with Crippen molar-refractivity contribution in [1.82, 2.24) is 4.90 Å². The summed E-state index contributed by atoms with van der Waals surface area (Å²) in [5.41, 5.74) is 2.09. The number of piperidine rings is 1. The minimum absolute atomic E-state index is 0.215. The second-order valence-electron chi connectivity index (χ2n) is 8.05. The third-order valence-corrected chi connectivity index (χ3v) is 6.10. The van der Waals surface area contributed by atoms with Gasteiger partial charge in [0.2, 0.25) is 0 Å². The van der Waals surface area contributed by atoms with Crippen LogP contribution in [0.25, 0.3) is 0 Å². The molecular weight excluding hydrogens is 345 g/mol.